The topological polar surface area (TPSA) is 65.3 Å². The highest BCUT2D eigenvalue weighted by Gasteiger charge is 2.08. The van der Waals surface area contributed by atoms with Gasteiger partial charge in [-0.15, -0.1) is 10.2 Å². The molecule has 0 N–H and O–H groups in total. The summed E-state index contributed by atoms with van der Waals surface area (Å²) in [6.45, 7) is 2.66. The van der Waals surface area contributed by atoms with Crippen molar-refractivity contribution in [1.29, 1.82) is 0 Å². The molecule has 3 rings (SSSR count). The van der Waals surface area contributed by atoms with Crippen LogP contribution in [0.15, 0.2) is 48.5 Å². The van der Waals surface area contributed by atoms with Crippen LogP contribution in [-0.4, -0.2) is 52.9 Å². The number of methoxy groups -OCH3 is 2. The van der Waals surface area contributed by atoms with E-state index >= 15 is 0 Å². The summed E-state index contributed by atoms with van der Waals surface area (Å²) in [6.07, 6.45) is 3.27. The van der Waals surface area contributed by atoms with Gasteiger partial charge in [0.1, 0.15) is 11.5 Å². The summed E-state index contributed by atoms with van der Waals surface area (Å²) in [6, 6.07) is 15.9. The van der Waals surface area contributed by atoms with Crippen molar-refractivity contribution < 1.29 is 9.47 Å². The number of rotatable bonds is 11. The van der Waals surface area contributed by atoms with Gasteiger partial charge in [-0.05, 0) is 37.7 Å². The molecule has 3 aromatic rings. The maximum absolute atomic E-state index is 5.49. The molecular formula is C22H29N5O2. The van der Waals surface area contributed by atoms with E-state index in [2.05, 4.69) is 33.4 Å². The van der Waals surface area contributed by atoms with Crippen LogP contribution >= 0.6 is 0 Å². The Kier molecular flexibility index (Phi) is 7.58. The number of aromatic nitrogens is 4. The van der Waals surface area contributed by atoms with E-state index in [0.717, 1.165) is 61.5 Å². The van der Waals surface area contributed by atoms with Crippen LogP contribution < -0.4 is 9.47 Å². The number of benzene rings is 2. The fourth-order valence-corrected chi connectivity index (χ4v) is 3.20. The van der Waals surface area contributed by atoms with Crippen LogP contribution in [0.2, 0.25) is 0 Å². The molecule has 154 valence electrons. The first-order valence-corrected chi connectivity index (χ1v) is 9.92. The summed E-state index contributed by atoms with van der Waals surface area (Å²) >= 11 is 0. The van der Waals surface area contributed by atoms with Crippen LogP contribution in [0.1, 0.15) is 24.8 Å². The molecule has 0 aliphatic rings. The molecule has 0 saturated heterocycles. The van der Waals surface area contributed by atoms with Crippen LogP contribution in [0.3, 0.4) is 0 Å². The summed E-state index contributed by atoms with van der Waals surface area (Å²) in [7, 11) is 5.49. The number of tetrazole rings is 1. The lowest BCUT2D eigenvalue weighted by atomic mass is 10.1. The molecule has 2 aromatic carbocycles. The minimum absolute atomic E-state index is 0.679. The number of hydrogen-bond donors (Lipinski definition) is 0. The molecular weight excluding hydrogens is 366 g/mol. The van der Waals surface area contributed by atoms with Crippen LogP contribution in [0.4, 0.5) is 0 Å². The van der Waals surface area contributed by atoms with Gasteiger partial charge in [0.2, 0.25) is 5.82 Å². The summed E-state index contributed by atoms with van der Waals surface area (Å²) in [5.41, 5.74) is 2.16. The summed E-state index contributed by atoms with van der Waals surface area (Å²) in [4.78, 5) is 4.00. The molecule has 0 aliphatic heterocycles. The standard InChI is InChI=1S/C22H29N5O2/c1-26(17-19-12-13-20(28-2)16-21(19)29-3)14-8-5-9-15-27-24-22(23-25-27)18-10-6-4-7-11-18/h4,6-7,10-13,16H,5,8-9,14-15,17H2,1-3H3. The lowest BCUT2D eigenvalue weighted by Crippen LogP contribution is -2.19. The third-order valence-corrected chi connectivity index (χ3v) is 4.82. The first kappa shape index (κ1) is 20.8. The fourth-order valence-electron chi connectivity index (χ4n) is 3.20. The fraction of sp³-hybridized carbons (Fsp3) is 0.409. The van der Waals surface area contributed by atoms with E-state index in [1.165, 1.54) is 0 Å². The van der Waals surface area contributed by atoms with Gasteiger partial charge in [-0.2, -0.15) is 4.80 Å². The van der Waals surface area contributed by atoms with Gasteiger partial charge >= 0.3 is 0 Å². The second-order valence-corrected chi connectivity index (χ2v) is 7.05. The zero-order valence-corrected chi connectivity index (χ0v) is 17.4. The molecule has 0 fully saturated rings. The maximum atomic E-state index is 5.49. The third kappa shape index (κ3) is 6.02. The molecule has 0 amide bonds. The molecule has 0 bridgehead atoms. The van der Waals surface area contributed by atoms with Gasteiger partial charge in [-0.1, -0.05) is 42.8 Å². The number of ether oxygens (including phenoxy) is 2. The molecule has 0 aliphatic carbocycles. The lowest BCUT2D eigenvalue weighted by Gasteiger charge is -2.18. The Labute approximate surface area is 172 Å². The molecule has 1 aromatic heterocycles. The molecule has 0 saturated carbocycles. The minimum Gasteiger partial charge on any atom is -0.497 e. The number of nitrogens with zero attached hydrogens (tertiary/aromatic N) is 5. The van der Waals surface area contributed by atoms with Gasteiger partial charge in [-0.3, -0.25) is 0 Å². The van der Waals surface area contributed by atoms with Crippen LogP contribution in [0, 0.1) is 0 Å². The lowest BCUT2D eigenvalue weighted by molar-refractivity contribution is 0.306. The molecule has 1 heterocycles. The highest BCUT2D eigenvalue weighted by molar-refractivity contribution is 5.52. The number of hydrogen-bond acceptors (Lipinski definition) is 6. The average molecular weight is 396 g/mol. The quantitative estimate of drug-likeness (QED) is 0.462. The SMILES string of the molecule is COc1ccc(CN(C)CCCCCn2nnc(-c3ccccc3)n2)c(OC)c1. The van der Waals surface area contributed by atoms with Gasteiger partial charge in [0.25, 0.3) is 0 Å². The Hall–Kier alpha value is -2.93. The zero-order valence-electron chi connectivity index (χ0n) is 17.4. The molecule has 7 nitrogen and oxygen atoms in total. The molecule has 0 unspecified atom stereocenters. The van der Waals surface area contributed by atoms with E-state index < -0.39 is 0 Å². The summed E-state index contributed by atoms with van der Waals surface area (Å²) < 4.78 is 10.7. The Bertz CT molecular complexity index is 882. The molecule has 29 heavy (non-hydrogen) atoms. The van der Waals surface area contributed by atoms with Gasteiger partial charge in [0, 0.05) is 23.7 Å². The van der Waals surface area contributed by atoms with Crippen molar-refractivity contribution >= 4 is 0 Å². The van der Waals surface area contributed by atoms with Crippen molar-refractivity contribution in [3.05, 3.63) is 54.1 Å². The van der Waals surface area contributed by atoms with Gasteiger partial charge < -0.3 is 14.4 Å². The van der Waals surface area contributed by atoms with Crippen molar-refractivity contribution in [1.82, 2.24) is 25.1 Å². The highest BCUT2D eigenvalue weighted by atomic mass is 16.5. The third-order valence-electron chi connectivity index (χ3n) is 4.82. The van der Waals surface area contributed by atoms with Gasteiger partial charge in [0.05, 0.1) is 20.8 Å². The second-order valence-electron chi connectivity index (χ2n) is 7.05. The van der Waals surface area contributed by atoms with E-state index in [0.29, 0.717) is 5.82 Å². The first-order chi connectivity index (χ1) is 14.2. The Morgan fingerprint density at radius 1 is 0.966 bits per heavy atom. The van der Waals surface area contributed by atoms with Gasteiger partial charge in [0.15, 0.2) is 0 Å². The van der Waals surface area contributed by atoms with E-state index in [1.54, 1.807) is 19.0 Å². The molecule has 0 atom stereocenters. The van der Waals surface area contributed by atoms with Crippen molar-refractivity contribution in [2.45, 2.75) is 32.4 Å². The molecule has 0 radical (unpaired) electrons. The summed E-state index contributed by atoms with van der Waals surface area (Å²) in [5.74, 6) is 2.35. The minimum atomic E-state index is 0.679. The number of unbranched alkanes of at least 4 members (excludes halogenated alkanes) is 2. The Morgan fingerprint density at radius 3 is 2.55 bits per heavy atom. The van der Waals surface area contributed by atoms with E-state index in [4.69, 9.17) is 9.47 Å². The Balaban J connectivity index is 1.38. The smallest absolute Gasteiger partial charge is 0.204 e. The van der Waals surface area contributed by atoms with Crippen LogP contribution in [0.25, 0.3) is 11.4 Å². The Morgan fingerprint density at radius 2 is 1.79 bits per heavy atom. The van der Waals surface area contributed by atoms with E-state index in [1.807, 2.05) is 42.5 Å². The highest BCUT2D eigenvalue weighted by Crippen LogP contribution is 2.25. The predicted molar refractivity (Wildman–Crippen MR) is 113 cm³/mol. The monoisotopic (exact) mass is 395 g/mol. The van der Waals surface area contributed by atoms with Crippen molar-refractivity contribution in [3.8, 4) is 22.9 Å². The van der Waals surface area contributed by atoms with E-state index in [-0.39, 0.29) is 0 Å². The van der Waals surface area contributed by atoms with Gasteiger partial charge in [-0.25, -0.2) is 0 Å². The molecule has 7 heteroatoms. The zero-order chi connectivity index (χ0) is 20.5. The van der Waals surface area contributed by atoms with Crippen molar-refractivity contribution in [3.63, 3.8) is 0 Å². The molecule has 0 spiro atoms. The number of aryl methyl sites for hydroxylation is 1. The van der Waals surface area contributed by atoms with Crippen LogP contribution in [-0.2, 0) is 13.1 Å². The largest absolute Gasteiger partial charge is 0.497 e. The van der Waals surface area contributed by atoms with Crippen molar-refractivity contribution in [2.24, 2.45) is 0 Å². The first-order valence-electron chi connectivity index (χ1n) is 9.92. The maximum Gasteiger partial charge on any atom is 0.204 e. The summed E-state index contributed by atoms with van der Waals surface area (Å²) in [5, 5.41) is 12.8. The predicted octanol–water partition coefficient (Wildman–Crippen LogP) is 3.66. The average Bonchev–Trinajstić information content (AvgIpc) is 3.23. The van der Waals surface area contributed by atoms with E-state index in [9.17, 15) is 0 Å². The normalized spacial score (nSPS) is 11.0. The van der Waals surface area contributed by atoms with Crippen LogP contribution in [0.5, 0.6) is 11.5 Å². The second kappa shape index (κ2) is 10.6. The van der Waals surface area contributed by atoms with Crippen molar-refractivity contribution in [2.75, 3.05) is 27.8 Å².